The molecule has 0 aliphatic heterocycles. The van der Waals surface area contributed by atoms with Gasteiger partial charge in [-0.1, -0.05) is 25.5 Å². The summed E-state index contributed by atoms with van der Waals surface area (Å²) >= 11 is 0. The van der Waals surface area contributed by atoms with E-state index < -0.39 is 0 Å². The molecule has 0 aliphatic rings. The van der Waals surface area contributed by atoms with Gasteiger partial charge in [0.05, 0.1) is 0 Å². The Labute approximate surface area is 118 Å². The normalized spacial score (nSPS) is 9.08. The standard InChI is InChI=1S/C10H14O.K.H/c1-2-3-4-9-5-7-10(11)8-6-9;;/h5-8,11H,2-4H2,1H3;;/q;+1;-1. The molecular weight excluding hydrogens is 175 g/mol. The van der Waals surface area contributed by atoms with E-state index in [-0.39, 0.29) is 52.8 Å². The molecule has 12 heavy (non-hydrogen) atoms. The van der Waals surface area contributed by atoms with Crippen molar-refractivity contribution in [3.63, 3.8) is 0 Å². The van der Waals surface area contributed by atoms with E-state index in [1.165, 1.54) is 18.4 Å². The van der Waals surface area contributed by atoms with Crippen molar-refractivity contribution in [2.75, 3.05) is 0 Å². The first kappa shape index (κ1) is 12.7. The molecule has 0 saturated heterocycles. The third-order valence-corrected chi connectivity index (χ3v) is 1.76. The van der Waals surface area contributed by atoms with Gasteiger partial charge in [-0.15, -0.1) is 0 Å². The van der Waals surface area contributed by atoms with Crippen molar-refractivity contribution in [3.05, 3.63) is 29.8 Å². The van der Waals surface area contributed by atoms with E-state index in [0.717, 1.165) is 6.42 Å². The van der Waals surface area contributed by atoms with E-state index in [9.17, 15) is 0 Å². The summed E-state index contributed by atoms with van der Waals surface area (Å²) in [6, 6.07) is 7.44. The van der Waals surface area contributed by atoms with Gasteiger partial charge in [0.1, 0.15) is 5.75 Å². The minimum Gasteiger partial charge on any atom is -1.00 e. The number of phenolic OH excluding ortho intramolecular Hbond substituents is 1. The molecule has 1 nitrogen and oxygen atoms in total. The fourth-order valence-corrected chi connectivity index (χ4v) is 1.04. The second kappa shape index (κ2) is 7.10. The molecule has 2 heteroatoms. The van der Waals surface area contributed by atoms with Gasteiger partial charge in [-0.25, -0.2) is 0 Å². The molecule has 1 N–H and O–H groups in total. The first-order valence-corrected chi connectivity index (χ1v) is 4.11. The van der Waals surface area contributed by atoms with E-state index in [1.807, 2.05) is 12.1 Å². The van der Waals surface area contributed by atoms with E-state index in [2.05, 4.69) is 6.92 Å². The summed E-state index contributed by atoms with van der Waals surface area (Å²) in [5.41, 5.74) is 1.31. The van der Waals surface area contributed by atoms with Gasteiger partial charge >= 0.3 is 51.4 Å². The van der Waals surface area contributed by atoms with E-state index >= 15 is 0 Å². The molecule has 1 aromatic carbocycles. The molecule has 0 saturated carbocycles. The molecule has 0 bridgehead atoms. The SMILES string of the molecule is CCCCc1ccc(O)cc1.[H-].[K+]. The van der Waals surface area contributed by atoms with Crippen LogP contribution in [0.3, 0.4) is 0 Å². The second-order valence-electron chi connectivity index (χ2n) is 2.77. The third-order valence-electron chi connectivity index (χ3n) is 1.76. The van der Waals surface area contributed by atoms with Gasteiger partial charge in [0.2, 0.25) is 0 Å². The Morgan fingerprint density at radius 1 is 1.25 bits per heavy atom. The smallest absolute Gasteiger partial charge is 1.00 e. The number of rotatable bonds is 3. The van der Waals surface area contributed by atoms with E-state index in [1.54, 1.807) is 12.1 Å². The molecule has 1 rings (SSSR count). The molecule has 62 valence electrons. The van der Waals surface area contributed by atoms with E-state index in [0.29, 0.717) is 5.75 Å². The Morgan fingerprint density at radius 3 is 2.33 bits per heavy atom. The first-order valence-electron chi connectivity index (χ1n) is 4.11. The monoisotopic (exact) mass is 190 g/mol. The zero-order valence-corrected chi connectivity index (χ0v) is 11.0. The summed E-state index contributed by atoms with van der Waals surface area (Å²) in [6.07, 6.45) is 3.57. The number of phenols is 1. The van der Waals surface area contributed by atoms with Crippen molar-refractivity contribution in [1.29, 1.82) is 0 Å². The predicted molar refractivity (Wildman–Crippen MR) is 47.8 cm³/mol. The summed E-state index contributed by atoms with van der Waals surface area (Å²) in [4.78, 5) is 0. The number of aryl methyl sites for hydroxylation is 1. The van der Waals surface area contributed by atoms with Crippen LogP contribution in [-0.2, 0) is 6.42 Å². The van der Waals surface area contributed by atoms with Crippen molar-refractivity contribution in [2.24, 2.45) is 0 Å². The molecular formula is C10H15KO. The molecule has 0 amide bonds. The maximum absolute atomic E-state index is 8.98. The summed E-state index contributed by atoms with van der Waals surface area (Å²) in [7, 11) is 0. The first-order chi connectivity index (χ1) is 5.33. The molecule has 0 atom stereocenters. The van der Waals surface area contributed by atoms with Crippen molar-refractivity contribution in [1.82, 2.24) is 0 Å². The predicted octanol–water partition coefficient (Wildman–Crippen LogP) is -0.149. The summed E-state index contributed by atoms with van der Waals surface area (Å²) in [6.45, 7) is 2.18. The van der Waals surface area contributed by atoms with Gasteiger partial charge < -0.3 is 6.53 Å². The fourth-order valence-electron chi connectivity index (χ4n) is 1.04. The van der Waals surface area contributed by atoms with Crippen LogP contribution in [0.4, 0.5) is 0 Å². The van der Waals surface area contributed by atoms with Crippen LogP contribution >= 0.6 is 0 Å². The number of hydrogen-bond acceptors (Lipinski definition) is 1. The fraction of sp³-hybridized carbons (Fsp3) is 0.400. The average Bonchev–Trinajstić information content (AvgIpc) is 2.04. The number of benzene rings is 1. The number of hydrogen-bond donors (Lipinski definition) is 1. The molecule has 0 unspecified atom stereocenters. The number of aromatic hydroxyl groups is 1. The van der Waals surface area contributed by atoms with Crippen molar-refractivity contribution in [3.8, 4) is 5.75 Å². The Kier molecular flexibility index (Phi) is 7.49. The average molecular weight is 190 g/mol. The Morgan fingerprint density at radius 2 is 1.83 bits per heavy atom. The van der Waals surface area contributed by atoms with Gasteiger partial charge in [0.25, 0.3) is 0 Å². The van der Waals surface area contributed by atoms with Crippen molar-refractivity contribution in [2.45, 2.75) is 26.2 Å². The number of unbranched alkanes of at least 4 members (excludes halogenated alkanes) is 1. The summed E-state index contributed by atoms with van der Waals surface area (Å²) < 4.78 is 0. The molecule has 0 heterocycles. The summed E-state index contributed by atoms with van der Waals surface area (Å²) in [5, 5.41) is 8.98. The van der Waals surface area contributed by atoms with Crippen LogP contribution < -0.4 is 51.4 Å². The van der Waals surface area contributed by atoms with Gasteiger partial charge in [0.15, 0.2) is 0 Å². The van der Waals surface area contributed by atoms with Crippen molar-refractivity contribution < 1.29 is 57.9 Å². The quantitative estimate of drug-likeness (QED) is 0.657. The van der Waals surface area contributed by atoms with Gasteiger partial charge in [0, 0.05) is 0 Å². The van der Waals surface area contributed by atoms with Gasteiger partial charge in [-0.2, -0.15) is 0 Å². The topological polar surface area (TPSA) is 20.2 Å². The molecule has 0 fully saturated rings. The molecule has 0 radical (unpaired) electrons. The van der Waals surface area contributed by atoms with Gasteiger partial charge in [-0.3, -0.25) is 0 Å². The minimum absolute atomic E-state index is 0. The maximum Gasteiger partial charge on any atom is 1.00 e. The van der Waals surface area contributed by atoms with Crippen molar-refractivity contribution >= 4 is 0 Å². The van der Waals surface area contributed by atoms with Gasteiger partial charge in [-0.05, 0) is 30.5 Å². The largest absolute Gasteiger partial charge is 1.00 e. The molecule has 0 aliphatic carbocycles. The Bertz CT molecular complexity index is 211. The zero-order chi connectivity index (χ0) is 8.10. The zero-order valence-electron chi connectivity index (χ0n) is 8.88. The third kappa shape index (κ3) is 4.63. The Hall–Kier alpha value is 0.656. The Balaban J connectivity index is 0. The molecule has 0 spiro atoms. The maximum atomic E-state index is 8.98. The van der Waals surface area contributed by atoms with Crippen LogP contribution in [0.25, 0.3) is 0 Å². The van der Waals surface area contributed by atoms with Crippen LogP contribution in [0, 0.1) is 0 Å². The molecule has 0 aromatic heterocycles. The van der Waals surface area contributed by atoms with Crippen LogP contribution in [0.5, 0.6) is 5.75 Å². The van der Waals surface area contributed by atoms with Crippen LogP contribution in [0.2, 0.25) is 0 Å². The minimum atomic E-state index is 0. The van der Waals surface area contributed by atoms with Crippen LogP contribution in [0.1, 0.15) is 26.8 Å². The van der Waals surface area contributed by atoms with E-state index in [4.69, 9.17) is 5.11 Å². The van der Waals surface area contributed by atoms with Crippen LogP contribution in [-0.4, -0.2) is 5.11 Å². The van der Waals surface area contributed by atoms with Crippen LogP contribution in [0.15, 0.2) is 24.3 Å². The summed E-state index contributed by atoms with van der Waals surface area (Å²) in [5.74, 6) is 0.352. The second-order valence-corrected chi connectivity index (χ2v) is 2.77. The molecule has 1 aromatic rings.